The summed E-state index contributed by atoms with van der Waals surface area (Å²) >= 11 is 0. The largest absolute Gasteiger partial charge is 0.481 e. The van der Waals surface area contributed by atoms with Gasteiger partial charge in [-0.15, -0.1) is 0 Å². The third kappa shape index (κ3) is 31.4. The van der Waals surface area contributed by atoms with Crippen LogP contribution in [0.15, 0.2) is 12.2 Å². The van der Waals surface area contributed by atoms with Gasteiger partial charge >= 0.3 is 5.97 Å². The van der Waals surface area contributed by atoms with Crippen molar-refractivity contribution in [3.8, 4) is 0 Å². The van der Waals surface area contributed by atoms with Crippen LogP contribution in [0.2, 0.25) is 0 Å². The SMILES string of the molecule is CCCCCCCCCCCCCCCCC=CC(CCCCCCCCC)CCCCCCCC(=O)O. The lowest BCUT2D eigenvalue weighted by molar-refractivity contribution is -0.137. The summed E-state index contributed by atoms with van der Waals surface area (Å²) in [5.41, 5.74) is 0. The molecular weight excluding hydrogens is 464 g/mol. The first-order chi connectivity index (χ1) is 18.7. The van der Waals surface area contributed by atoms with Crippen LogP contribution in [0.5, 0.6) is 0 Å². The number of unbranched alkanes of at least 4 members (excludes halogenated alkanes) is 24. The summed E-state index contributed by atoms with van der Waals surface area (Å²) in [4.78, 5) is 10.7. The van der Waals surface area contributed by atoms with Crippen LogP contribution in [-0.4, -0.2) is 11.1 Å². The molecule has 0 aromatic carbocycles. The van der Waals surface area contributed by atoms with E-state index in [4.69, 9.17) is 5.11 Å². The van der Waals surface area contributed by atoms with E-state index >= 15 is 0 Å². The van der Waals surface area contributed by atoms with Gasteiger partial charge in [0.05, 0.1) is 0 Å². The quantitative estimate of drug-likeness (QED) is 0.0688. The molecule has 0 aromatic heterocycles. The normalized spacial score (nSPS) is 12.5. The van der Waals surface area contributed by atoms with E-state index in [9.17, 15) is 4.79 Å². The van der Waals surface area contributed by atoms with Gasteiger partial charge in [0, 0.05) is 6.42 Å². The van der Waals surface area contributed by atoms with Crippen LogP contribution in [0, 0.1) is 5.92 Å². The molecule has 2 heteroatoms. The summed E-state index contributed by atoms with van der Waals surface area (Å²) in [5.74, 6) is 0.111. The van der Waals surface area contributed by atoms with Gasteiger partial charge < -0.3 is 5.11 Å². The smallest absolute Gasteiger partial charge is 0.303 e. The molecule has 0 aliphatic rings. The second kappa shape index (κ2) is 32.4. The van der Waals surface area contributed by atoms with Crippen molar-refractivity contribution in [2.75, 3.05) is 0 Å². The van der Waals surface area contributed by atoms with Crippen molar-refractivity contribution in [1.82, 2.24) is 0 Å². The highest BCUT2D eigenvalue weighted by molar-refractivity contribution is 5.66. The van der Waals surface area contributed by atoms with Crippen LogP contribution in [0.1, 0.15) is 206 Å². The zero-order valence-electron chi connectivity index (χ0n) is 26.3. The number of hydrogen-bond donors (Lipinski definition) is 1. The summed E-state index contributed by atoms with van der Waals surface area (Å²) < 4.78 is 0. The van der Waals surface area contributed by atoms with Gasteiger partial charge in [-0.2, -0.15) is 0 Å². The monoisotopic (exact) mass is 535 g/mol. The molecule has 1 atom stereocenters. The molecule has 1 unspecified atom stereocenters. The van der Waals surface area contributed by atoms with Gasteiger partial charge in [-0.1, -0.05) is 180 Å². The molecule has 226 valence electrons. The summed E-state index contributed by atoms with van der Waals surface area (Å²) in [6.45, 7) is 4.59. The van der Waals surface area contributed by atoms with Crippen molar-refractivity contribution >= 4 is 5.97 Å². The molecule has 2 nitrogen and oxygen atoms in total. The molecule has 0 saturated heterocycles. The molecule has 0 rings (SSSR count). The van der Waals surface area contributed by atoms with Crippen molar-refractivity contribution in [3.63, 3.8) is 0 Å². The first-order valence-electron chi connectivity index (χ1n) is 17.6. The summed E-state index contributed by atoms with van der Waals surface area (Å²) in [5, 5.41) is 8.78. The number of aliphatic carboxylic acids is 1. The Labute approximate surface area is 240 Å². The minimum atomic E-state index is -0.649. The Balaban J connectivity index is 3.84. The zero-order chi connectivity index (χ0) is 27.8. The molecular formula is C36H70O2. The number of hydrogen-bond acceptors (Lipinski definition) is 1. The van der Waals surface area contributed by atoms with E-state index in [1.807, 2.05) is 0 Å². The highest BCUT2D eigenvalue weighted by Gasteiger charge is 2.05. The molecule has 0 spiro atoms. The molecule has 0 fully saturated rings. The fourth-order valence-electron chi connectivity index (χ4n) is 5.66. The van der Waals surface area contributed by atoms with E-state index in [0.29, 0.717) is 6.42 Å². The van der Waals surface area contributed by atoms with Gasteiger partial charge in [-0.05, 0) is 38.0 Å². The number of rotatable bonds is 32. The molecule has 0 radical (unpaired) electrons. The molecule has 0 amide bonds. The van der Waals surface area contributed by atoms with Crippen molar-refractivity contribution in [1.29, 1.82) is 0 Å². The van der Waals surface area contributed by atoms with E-state index in [1.54, 1.807) is 0 Å². The third-order valence-corrected chi connectivity index (χ3v) is 8.28. The summed E-state index contributed by atoms with van der Waals surface area (Å²) in [6.07, 6.45) is 44.9. The standard InChI is InChI=1S/C36H70O2/c1-3-5-7-9-11-12-13-14-15-16-17-18-19-21-24-28-32-35(31-27-23-20-10-8-6-4-2)33-29-25-22-26-30-34-36(37)38/h28,32,35H,3-27,29-31,33-34H2,1-2H3,(H,37,38). The Morgan fingerprint density at radius 2 is 0.842 bits per heavy atom. The lowest BCUT2D eigenvalue weighted by Crippen LogP contribution is -1.98. The molecule has 0 aliphatic carbocycles. The Morgan fingerprint density at radius 1 is 0.500 bits per heavy atom. The lowest BCUT2D eigenvalue weighted by Gasteiger charge is -2.13. The molecule has 38 heavy (non-hydrogen) atoms. The Kier molecular flexibility index (Phi) is 31.7. The number of carbonyl (C=O) groups is 1. The number of allylic oxidation sites excluding steroid dienone is 2. The van der Waals surface area contributed by atoms with Crippen LogP contribution < -0.4 is 0 Å². The maximum Gasteiger partial charge on any atom is 0.303 e. The van der Waals surface area contributed by atoms with Gasteiger partial charge in [-0.3, -0.25) is 4.79 Å². The second-order valence-corrected chi connectivity index (χ2v) is 12.2. The van der Waals surface area contributed by atoms with E-state index < -0.39 is 5.97 Å². The topological polar surface area (TPSA) is 37.3 Å². The van der Waals surface area contributed by atoms with Crippen molar-refractivity contribution in [3.05, 3.63) is 12.2 Å². The summed E-state index contributed by atoms with van der Waals surface area (Å²) in [6, 6.07) is 0. The van der Waals surface area contributed by atoms with Crippen LogP contribution in [-0.2, 0) is 4.79 Å². The first kappa shape index (κ1) is 37.2. The average Bonchev–Trinajstić information content (AvgIpc) is 2.91. The van der Waals surface area contributed by atoms with Crippen LogP contribution >= 0.6 is 0 Å². The van der Waals surface area contributed by atoms with Gasteiger partial charge in [0.25, 0.3) is 0 Å². The maximum absolute atomic E-state index is 10.7. The van der Waals surface area contributed by atoms with Crippen LogP contribution in [0.3, 0.4) is 0 Å². The first-order valence-corrected chi connectivity index (χ1v) is 17.6. The fraction of sp³-hybridized carbons (Fsp3) is 0.917. The maximum atomic E-state index is 10.7. The molecule has 1 N–H and O–H groups in total. The molecule has 0 aromatic rings. The van der Waals surface area contributed by atoms with E-state index in [0.717, 1.165) is 18.8 Å². The number of carboxylic acid groups (broad SMARTS) is 1. The predicted molar refractivity (Wildman–Crippen MR) is 170 cm³/mol. The fourth-order valence-corrected chi connectivity index (χ4v) is 5.66. The van der Waals surface area contributed by atoms with Crippen LogP contribution in [0.25, 0.3) is 0 Å². The Morgan fingerprint density at radius 3 is 1.24 bits per heavy atom. The average molecular weight is 535 g/mol. The minimum absolute atomic E-state index is 0.336. The molecule has 0 saturated carbocycles. The van der Waals surface area contributed by atoms with Crippen molar-refractivity contribution < 1.29 is 9.90 Å². The second-order valence-electron chi connectivity index (χ2n) is 12.2. The molecule has 0 bridgehead atoms. The highest BCUT2D eigenvalue weighted by atomic mass is 16.4. The minimum Gasteiger partial charge on any atom is -0.481 e. The predicted octanol–water partition coefficient (Wildman–Crippen LogP) is 13.0. The van der Waals surface area contributed by atoms with E-state index in [-0.39, 0.29) is 0 Å². The van der Waals surface area contributed by atoms with Crippen molar-refractivity contribution in [2.45, 2.75) is 206 Å². The van der Waals surface area contributed by atoms with Gasteiger partial charge in [0.1, 0.15) is 0 Å². The van der Waals surface area contributed by atoms with E-state index in [1.165, 1.54) is 173 Å². The van der Waals surface area contributed by atoms with Gasteiger partial charge in [-0.25, -0.2) is 0 Å². The van der Waals surface area contributed by atoms with Gasteiger partial charge in [0.15, 0.2) is 0 Å². The Hall–Kier alpha value is -0.790. The Bertz CT molecular complexity index is 484. The highest BCUT2D eigenvalue weighted by Crippen LogP contribution is 2.21. The van der Waals surface area contributed by atoms with E-state index in [2.05, 4.69) is 26.0 Å². The molecule has 0 aliphatic heterocycles. The zero-order valence-corrected chi connectivity index (χ0v) is 26.3. The molecule has 0 heterocycles. The van der Waals surface area contributed by atoms with Gasteiger partial charge in [0.2, 0.25) is 0 Å². The van der Waals surface area contributed by atoms with Crippen LogP contribution in [0.4, 0.5) is 0 Å². The lowest BCUT2D eigenvalue weighted by atomic mass is 9.93. The third-order valence-electron chi connectivity index (χ3n) is 8.28. The van der Waals surface area contributed by atoms with Crippen molar-refractivity contribution in [2.24, 2.45) is 5.92 Å². The summed E-state index contributed by atoms with van der Waals surface area (Å²) in [7, 11) is 0. The number of carboxylic acids is 1.